The van der Waals surface area contributed by atoms with Crippen molar-refractivity contribution in [1.29, 1.82) is 0 Å². The fourth-order valence-electron chi connectivity index (χ4n) is 1.70. The summed E-state index contributed by atoms with van der Waals surface area (Å²) in [5.41, 5.74) is 0.452. The van der Waals surface area contributed by atoms with Gasteiger partial charge in [0.15, 0.2) is 9.84 Å². The second kappa shape index (κ2) is 5.56. The molecule has 0 saturated heterocycles. The molecule has 1 unspecified atom stereocenters. The number of rotatable bonds is 5. The molecule has 0 aliphatic rings. The maximum atomic E-state index is 11.9. The van der Waals surface area contributed by atoms with Gasteiger partial charge in [-0.15, -0.1) is 0 Å². The Bertz CT molecular complexity index is 530. The van der Waals surface area contributed by atoms with Gasteiger partial charge in [0.05, 0.1) is 11.3 Å². The second-order valence-electron chi connectivity index (χ2n) is 4.40. The summed E-state index contributed by atoms with van der Waals surface area (Å²) in [6, 6.07) is 1.23. The van der Waals surface area contributed by atoms with Gasteiger partial charge in [-0.3, -0.25) is 4.79 Å². The van der Waals surface area contributed by atoms with E-state index in [1.807, 2.05) is 0 Å². The fraction of sp³-hybridized carbons (Fsp3) is 0.583. The lowest BCUT2D eigenvalue weighted by atomic mass is 10.2. The molecule has 0 aromatic carbocycles. The number of aryl methyl sites for hydroxylation is 2. The van der Waals surface area contributed by atoms with Crippen LogP contribution in [0.2, 0.25) is 0 Å². The minimum absolute atomic E-state index is 0.0505. The van der Waals surface area contributed by atoms with Crippen LogP contribution >= 0.6 is 0 Å². The Morgan fingerprint density at radius 3 is 2.50 bits per heavy atom. The van der Waals surface area contributed by atoms with Gasteiger partial charge < -0.3 is 9.73 Å². The van der Waals surface area contributed by atoms with Gasteiger partial charge in [0.2, 0.25) is 0 Å². The smallest absolute Gasteiger partial charge is 0.255 e. The Balaban J connectivity index is 2.68. The highest BCUT2D eigenvalue weighted by Gasteiger charge is 2.19. The molecule has 18 heavy (non-hydrogen) atoms. The molecule has 1 atom stereocenters. The van der Waals surface area contributed by atoms with E-state index in [1.54, 1.807) is 33.8 Å². The van der Waals surface area contributed by atoms with Crippen LogP contribution in [-0.4, -0.2) is 31.9 Å². The monoisotopic (exact) mass is 273 g/mol. The highest BCUT2D eigenvalue weighted by atomic mass is 32.2. The molecule has 0 spiro atoms. The van der Waals surface area contributed by atoms with Crippen molar-refractivity contribution < 1.29 is 17.6 Å². The van der Waals surface area contributed by atoms with Gasteiger partial charge in [-0.05, 0) is 26.8 Å². The summed E-state index contributed by atoms with van der Waals surface area (Å²) in [6.45, 7) is 6.73. The zero-order valence-electron chi connectivity index (χ0n) is 11.1. The van der Waals surface area contributed by atoms with Crippen molar-refractivity contribution in [2.24, 2.45) is 0 Å². The van der Waals surface area contributed by atoms with Crippen LogP contribution < -0.4 is 5.32 Å². The molecule has 0 aliphatic carbocycles. The zero-order chi connectivity index (χ0) is 13.9. The van der Waals surface area contributed by atoms with Crippen LogP contribution in [0.5, 0.6) is 0 Å². The third-order valence-electron chi connectivity index (χ3n) is 2.61. The van der Waals surface area contributed by atoms with Gasteiger partial charge in [0.1, 0.15) is 11.5 Å². The molecule has 0 bridgehead atoms. The number of nitrogens with one attached hydrogen (secondary N) is 1. The van der Waals surface area contributed by atoms with Crippen LogP contribution in [0.15, 0.2) is 10.5 Å². The van der Waals surface area contributed by atoms with E-state index in [2.05, 4.69) is 5.32 Å². The first-order valence-electron chi connectivity index (χ1n) is 5.83. The molecule has 5 nitrogen and oxygen atoms in total. The third-order valence-corrected chi connectivity index (χ3v) is 4.49. The van der Waals surface area contributed by atoms with Crippen molar-refractivity contribution in [3.05, 3.63) is 23.2 Å². The minimum Gasteiger partial charge on any atom is -0.466 e. The van der Waals surface area contributed by atoms with E-state index in [-0.39, 0.29) is 17.4 Å². The van der Waals surface area contributed by atoms with E-state index in [9.17, 15) is 13.2 Å². The number of amides is 1. The topological polar surface area (TPSA) is 76.4 Å². The molecule has 0 fully saturated rings. The standard InChI is InChI=1S/C12H19NO4S/c1-5-18(15,16)7-8(2)13-12(14)11-6-9(3)17-10(11)4/h6,8H,5,7H2,1-4H3,(H,13,14). The molecular weight excluding hydrogens is 254 g/mol. The Morgan fingerprint density at radius 1 is 1.44 bits per heavy atom. The van der Waals surface area contributed by atoms with Gasteiger partial charge in [-0.25, -0.2) is 8.42 Å². The molecule has 1 amide bonds. The van der Waals surface area contributed by atoms with Gasteiger partial charge in [0.25, 0.3) is 5.91 Å². The first-order valence-corrected chi connectivity index (χ1v) is 7.65. The van der Waals surface area contributed by atoms with E-state index in [4.69, 9.17) is 4.42 Å². The lowest BCUT2D eigenvalue weighted by Crippen LogP contribution is -2.38. The van der Waals surface area contributed by atoms with Gasteiger partial charge in [0, 0.05) is 11.8 Å². The fourth-order valence-corrected chi connectivity index (χ4v) is 2.78. The van der Waals surface area contributed by atoms with E-state index < -0.39 is 15.9 Å². The quantitative estimate of drug-likeness (QED) is 0.881. The summed E-state index contributed by atoms with van der Waals surface area (Å²) in [7, 11) is -3.09. The minimum atomic E-state index is -3.09. The van der Waals surface area contributed by atoms with Gasteiger partial charge in [-0.1, -0.05) is 6.92 Å². The van der Waals surface area contributed by atoms with Crippen LogP contribution in [0.4, 0.5) is 0 Å². The first kappa shape index (κ1) is 14.8. The predicted octanol–water partition coefficient (Wildman–Crippen LogP) is 1.45. The molecule has 1 aromatic rings. The Hall–Kier alpha value is -1.30. The number of sulfone groups is 1. The van der Waals surface area contributed by atoms with E-state index in [0.717, 1.165) is 0 Å². The number of hydrogen-bond donors (Lipinski definition) is 1. The summed E-state index contributed by atoms with van der Waals surface area (Å²) < 4.78 is 28.1. The summed E-state index contributed by atoms with van der Waals surface area (Å²) >= 11 is 0. The van der Waals surface area contributed by atoms with E-state index >= 15 is 0 Å². The van der Waals surface area contributed by atoms with E-state index in [1.165, 1.54) is 0 Å². The Labute approximate surface area is 107 Å². The molecule has 1 aromatic heterocycles. The van der Waals surface area contributed by atoms with Crippen molar-refractivity contribution >= 4 is 15.7 Å². The zero-order valence-corrected chi connectivity index (χ0v) is 11.9. The SMILES string of the molecule is CCS(=O)(=O)CC(C)NC(=O)c1cc(C)oc1C. The van der Waals surface area contributed by atoms with Crippen molar-refractivity contribution in [2.75, 3.05) is 11.5 Å². The summed E-state index contributed by atoms with van der Waals surface area (Å²) in [5.74, 6) is 0.924. The number of furan rings is 1. The summed E-state index contributed by atoms with van der Waals surface area (Å²) in [4.78, 5) is 11.9. The molecule has 1 N–H and O–H groups in total. The average molecular weight is 273 g/mol. The van der Waals surface area contributed by atoms with Crippen LogP contribution in [0.1, 0.15) is 35.7 Å². The maximum absolute atomic E-state index is 11.9. The largest absolute Gasteiger partial charge is 0.466 e. The highest BCUT2D eigenvalue weighted by molar-refractivity contribution is 7.91. The normalized spacial score (nSPS) is 13.3. The molecule has 0 radical (unpaired) electrons. The maximum Gasteiger partial charge on any atom is 0.255 e. The summed E-state index contributed by atoms with van der Waals surface area (Å²) in [6.07, 6.45) is 0. The molecule has 102 valence electrons. The summed E-state index contributed by atoms with van der Waals surface area (Å²) in [5, 5.41) is 2.66. The van der Waals surface area contributed by atoms with Crippen molar-refractivity contribution in [2.45, 2.75) is 33.7 Å². The molecule has 0 aliphatic heterocycles. The van der Waals surface area contributed by atoms with Crippen molar-refractivity contribution in [3.8, 4) is 0 Å². The highest BCUT2D eigenvalue weighted by Crippen LogP contribution is 2.13. The van der Waals surface area contributed by atoms with Crippen LogP contribution in [0.3, 0.4) is 0 Å². The number of carbonyl (C=O) groups excluding carboxylic acids is 1. The first-order chi connectivity index (χ1) is 8.25. The lowest BCUT2D eigenvalue weighted by molar-refractivity contribution is 0.0942. The molecule has 1 rings (SSSR count). The number of carbonyl (C=O) groups is 1. The predicted molar refractivity (Wildman–Crippen MR) is 69.4 cm³/mol. The van der Waals surface area contributed by atoms with Crippen LogP contribution in [-0.2, 0) is 9.84 Å². The second-order valence-corrected chi connectivity index (χ2v) is 6.80. The Morgan fingerprint density at radius 2 is 2.06 bits per heavy atom. The van der Waals surface area contributed by atoms with Crippen LogP contribution in [0, 0.1) is 13.8 Å². The molecule has 0 saturated carbocycles. The Kier molecular flexibility index (Phi) is 4.56. The van der Waals surface area contributed by atoms with E-state index in [0.29, 0.717) is 17.1 Å². The van der Waals surface area contributed by atoms with Gasteiger partial charge in [-0.2, -0.15) is 0 Å². The molecular formula is C12H19NO4S. The van der Waals surface area contributed by atoms with Crippen LogP contribution in [0.25, 0.3) is 0 Å². The molecule has 6 heteroatoms. The number of hydrogen-bond acceptors (Lipinski definition) is 4. The van der Waals surface area contributed by atoms with Crippen molar-refractivity contribution in [3.63, 3.8) is 0 Å². The third kappa shape index (κ3) is 3.87. The van der Waals surface area contributed by atoms with Gasteiger partial charge >= 0.3 is 0 Å². The average Bonchev–Trinajstić information content (AvgIpc) is 2.57. The lowest BCUT2D eigenvalue weighted by Gasteiger charge is -2.13. The van der Waals surface area contributed by atoms with Crippen molar-refractivity contribution in [1.82, 2.24) is 5.32 Å². The molecule has 1 heterocycles.